The van der Waals surface area contributed by atoms with Crippen LogP contribution >= 0.6 is 0 Å². The third-order valence-corrected chi connectivity index (χ3v) is 8.55. The lowest BCUT2D eigenvalue weighted by molar-refractivity contribution is -0.162. The van der Waals surface area contributed by atoms with Crippen LogP contribution in [0.4, 0.5) is 26.3 Å². The van der Waals surface area contributed by atoms with Crippen molar-refractivity contribution >= 4 is 0 Å². The molecule has 2 atom stereocenters. The van der Waals surface area contributed by atoms with Crippen molar-refractivity contribution in [3.63, 3.8) is 0 Å². The van der Waals surface area contributed by atoms with Crippen molar-refractivity contribution in [2.45, 2.75) is 102 Å². The number of alkyl halides is 6. The Morgan fingerprint density at radius 2 is 1.52 bits per heavy atom. The minimum Gasteiger partial charge on any atom is -0.300 e. The molecule has 1 saturated carbocycles. The molecule has 3 rings (SSSR count). The Hall–Kier alpha value is -2.53. The maximum Gasteiger partial charge on any atom is 0.417 e. The van der Waals surface area contributed by atoms with Crippen molar-refractivity contribution in [1.29, 1.82) is 5.26 Å². The molecule has 0 heterocycles. The Kier molecular flexibility index (Phi) is 11.1. The van der Waals surface area contributed by atoms with Gasteiger partial charge in [-0.3, -0.25) is 0 Å². The van der Waals surface area contributed by atoms with Crippen molar-refractivity contribution < 1.29 is 26.3 Å². The van der Waals surface area contributed by atoms with Gasteiger partial charge in [-0.05, 0) is 80.7 Å². The van der Waals surface area contributed by atoms with Crippen LogP contribution in [0.25, 0.3) is 0 Å². The Labute approximate surface area is 234 Å². The smallest absolute Gasteiger partial charge is 0.300 e. The number of hydrogen-bond acceptors (Lipinski definition) is 2. The summed E-state index contributed by atoms with van der Waals surface area (Å²) in [4.78, 5) is 2.39. The molecule has 0 radical (unpaired) electrons. The quantitative estimate of drug-likeness (QED) is 0.239. The van der Waals surface area contributed by atoms with Crippen LogP contribution in [-0.2, 0) is 24.2 Å². The molecule has 1 aliphatic carbocycles. The van der Waals surface area contributed by atoms with Crippen molar-refractivity contribution in [2.75, 3.05) is 13.1 Å². The second-order valence-electron chi connectivity index (χ2n) is 11.0. The highest BCUT2D eigenvalue weighted by molar-refractivity contribution is 5.43. The van der Waals surface area contributed by atoms with Crippen LogP contribution in [0.1, 0.15) is 93.9 Å². The molecule has 1 fully saturated rings. The number of hydrogen-bond donors (Lipinski definition) is 0. The second kappa shape index (κ2) is 13.9. The fraction of sp³-hybridized carbons (Fsp3) is 0.594. The predicted molar refractivity (Wildman–Crippen MR) is 146 cm³/mol. The molecule has 0 amide bonds. The summed E-state index contributed by atoms with van der Waals surface area (Å²) in [6, 6.07) is 14.9. The van der Waals surface area contributed by atoms with Crippen LogP contribution in [0.15, 0.2) is 48.5 Å². The number of halogens is 6. The molecule has 0 bridgehead atoms. The summed E-state index contributed by atoms with van der Waals surface area (Å²) in [5.41, 5.74) is -3.43. The minimum atomic E-state index is -5.18. The molecule has 1 aliphatic rings. The fourth-order valence-electron chi connectivity index (χ4n) is 6.42. The minimum absolute atomic E-state index is 0.0587. The molecule has 2 aromatic carbocycles. The van der Waals surface area contributed by atoms with Gasteiger partial charge in [0.1, 0.15) is 0 Å². The summed E-state index contributed by atoms with van der Waals surface area (Å²) < 4.78 is 82.3. The Morgan fingerprint density at radius 1 is 0.875 bits per heavy atom. The maximum absolute atomic E-state index is 13.9. The molecule has 0 aromatic heterocycles. The summed E-state index contributed by atoms with van der Waals surface area (Å²) in [6.45, 7) is 5.85. The summed E-state index contributed by atoms with van der Waals surface area (Å²) in [5, 5.41) is 10.6. The van der Waals surface area contributed by atoms with E-state index in [1.54, 1.807) is 0 Å². The first-order chi connectivity index (χ1) is 19.0. The largest absolute Gasteiger partial charge is 0.417 e. The van der Waals surface area contributed by atoms with Crippen LogP contribution in [-0.4, -0.2) is 24.0 Å². The van der Waals surface area contributed by atoms with Crippen molar-refractivity contribution in [3.8, 4) is 6.07 Å². The van der Waals surface area contributed by atoms with Crippen LogP contribution < -0.4 is 0 Å². The first-order valence-electron chi connectivity index (χ1n) is 14.4. The van der Waals surface area contributed by atoms with Gasteiger partial charge in [0, 0.05) is 12.6 Å². The number of benzene rings is 2. The van der Waals surface area contributed by atoms with Gasteiger partial charge in [0.05, 0.1) is 22.6 Å². The van der Waals surface area contributed by atoms with E-state index in [0.29, 0.717) is 37.8 Å². The summed E-state index contributed by atoms with van der Waals surface area (Å²) in [7, 11) is 0. The van der Waals surface area contributed by atoms with E-state index < -0.39 is 28.9 Å². The Balaban J connectivity index is 1.97. The fourth-order valence-corrected chi connectivity index (χ4v) is 6.42. The summed E-state index contributed by atoms with van der Waals surface area (Å²) in [5.74, 6) is -0.203. The maximum atomic E-state index is 13.9. The lowest BCUT2D eigenvalue weighted by Gasteiger charge is -2.40. The van der Waals surface area contributed by atoms with Gasteiger partial charge in [-0.25, -0.2) is 0 Å². The zero-order chi connectivity index (χ0) is 29.4. The van der Waals surface area contributed by atoms with Gasteiger partial charge in [-0.2, -0.15) is 31.6 Å². The third kappa shape index (κ3) is 7.81. The molecular formula is C32H40F6N2. The average Bonchev–Trinajstić information content (AvgIpc) is 2.94. The van der Waals surface area contributed by atoms with Crippen molar-refractivity contribution in [3.05, 3.63) is 70.8 Å². The van der Waals surface area contributed by atoms with Crippen LogP contribution in [0.3, 0.4) is 0 Å². The van der Waals surface area contributed by atoms with E-state index in [0.717, 1.165) is 57.7 Å². The highest BCUT2D eigenvalue weighted by Crippen LogP contribution is 2.48. The topological polar surface area (TPSA) is 27.0 Å². The monoisotopic (exact) mass is 566 g/mol. The highest BCUT2D eigenvalue weighted by atomic mass is 19.4. The van der Waals surface area contributed by atoms with Gasteiger partial charge in [0.15, 0.2) is 0 Å². The first-order valence-corrected chi connectivity index (χ1v) is 14.4. The van der Waals surface area contributed by atoms with Crippen LogP contribution in [0.2, 0.25) is 0 Å². The van der Waals surface area contributed by atoms with Gasteiger partial charge >= 0.3 is 12.4 Å². The SMILES string of the molecule is CCCN(CCc1ccccc1)C(CC)CCC(C#N)(c1ccc(C(F)(F)F)c(C(F)(F)F)c1)C1CCCCC1. The lowest BCUT2D eigenvalue weighted by Crippen LogP contribution is -2.41. The van der Waals surface area contributed by atoms with Gasteiger partial charge in [-0.15, -0.1) is 0 Å². The standard InChI is InChI=1S/C32H40F6N2/c1-3-20-40(21-18-24-11-7-5-8-12-24)27(4-2)17-19-30(23-39,25-13-9-6-10-14-25)26-15-16-28(31(33,34)35)29(22-26)32(36,37)38/h5,7-8,11-12,15-16,22,25,27H,3-4,6,9-10,13-14,17-21H2,1-2H3. The predicted octanol–water partition coefficient (Wildman–Crippen LogP) is 9.58. The molecule has 40 heavy (non-hydrogen) atoms. The van der Waals surface area contributed by atoms with E-state index in [4.69, 9.17) is 0 Å². The number of rotatable bonds is 12. The van der Waals surface area contributed by atoms with E-state index in [2.05, 4.69) is 36.9 Å². The molecule has 0 spiro atoms. The Morgan fingerprint density at radius 3 is 2.08 bits per heavy atom. The normalized spacial score (nSPS) is 17.4. The molecule has 0 aliphatic heterocycles. The van der Waals surface area contributed by atoms with E-state index in [-0.39, 0.29) is 17.5 Å². The average molecular weight is 567 g/mol. The number of nitriles is 1. The van der Waals surface area contributed by atoms with E-state index in [9.17, 15) is 31.6 Å². The molecule has 2 nitrogen and oxygen atoms in total. The van der Waals surface area contributed by atoms with Gasteiger partial charge in [0.25, 0.3) is 0 Å². The number of nitrogens with zero attached hydrogens (tertiary/aromatic N) is 2. The van der Waals surface area contributed by atoms with E-state index in [1.807, 2.05) is 18.2 Å². The molecule has 0 saturated heterocycles. The van der Waals surface area contributed by atoms with Crippen LogP contribution in [0, 0.1) is 17.2 Å². The molecule has 220 valence electrons. The zero-order valence-electron chi connectivity index (χ0n) is 23.4. The lowest BCUT2D eigenvalue weighted by atomic mass is 9.63. The molecule has 2 aromatic rings. The molecule has 2 unspecified atom stereocenters. The van der Waals surface area contributed by atoms with Gasteiger partial charge in [-0.1, -0.05) is 69.5 Å². The molecule has 0 N–H and O–H groups in total. The van der Waals surface area contributed by atoms with Crippen molar-refractivity contribution in [1.82, 2.24) is 4.90 Å². The molecule has 8 heteroatoms. The van der Waals surface area contributed by atoms with E-state index in [1.165, 1.54) is 5.56 Å². The summed E-state index contributed by atoms with van der Waals surface area (Å²) in [6.07, 6.45) is -2.78. The van der Waals surface area contributed by atoms with Crippen molar-refractivity contribution in [2.24, 2.45) is 5.92 Å². The van der Waals surface area contributed by atoms with E-state index >= 15 is 0 Å². The zero-order valence-corrected chi connectivity index (χ0v) is 23.4. The Bertz CT molecular complexity index is 1100. The molecular weight excluding hydrogens is 526 g/mol. The highest BCUT2D eigenvalue weighted by Gasteiger charge is 2.47. The second-order valence-corrected chi connectivity index (χ2v) is 11.0. The summed E-state index contributed by atoms with van der Waals surface area (Å²) >= 11 is 0. The van der Waals surface area contributed by atoms with Gasteiger partial charge < -0.3 is 4.90 Å². The third-order valence-electron chi connectivity index (χ3n) is 8.55. The van der Waals surface area contributed by atoms with Gasteiger partial charge in [0.2, 0.25) is 0 Å². The van der Waals surface area contributed by atoms with Crippen LogP contribution in [0.5, 0.6) is 0 Å². The first kappa shape index (κ1) is 32.0.